The van der Waals surface area contributed by atoms with Crippen LogP contribution in [-0.2, 0) is 16.6 Å². The third-order valence-corrected chi connectivity index (χ3v) is 5.44. The van der Waals surface area contributed by atoms with Crippen molar-refractivity contribution < 1.29 is 8.42 Å². The Kier molecular flexibility index (Phi) is 5.13. The molecule has 2 rings (SSSR count). The van der Waals surface area contributed by atoms with Crippen molar-refractivity contribution in [1.82, 2.24) is 9.55 Å². The molecule has 0 aliphatic heterocycles. The van der Waals surface area contributed by atoms with Crippen LogP contribution in [0, 0.1) is 0 Å². The number of nitrogens with one attached hydrogen (secondary N) is 1. The number of unbranched alkanes of at least 4 members (excludes halogenated alkanes) is 1. The van der Waals surface area contributed by atoms with Crippen LogP contribution in [0.15, 0.2) is 44.8 Å². The van der Waals surface area contributed by atoms with Crippen LogP contribution in [0.1, 0.15) is 19.8 Å². The summed E-state index contributed by atoms with van der Waals surface area (Å²) < 4.78 is 27.3. The molecule has 0 unspecified atom stereocenters. The molecule has 1 heterocycles. The van der Waals surface area contributed by atoms with Crippen molar-refractivity contribution in [1.29, 1.82) is 0 Å². The summed E-state index contributed by atoms with van der Waals surface area (Å²) in [6, 6.07) is 7.69. The van der Waals surface area contributed by atoms with Crippen molar-refractivity contribution in [3.8, 4) is 0 Å². The molecular weight excluding hydrogens is 332 g/mol. The number of benzene rings is 1. The predicted octanol–water partition coefficient (Wildman–Crippen LogP) is 0.744. The lowest BCUT2D eigenvalue weighted by atomic mass is 10.3. The van der Waals surface area contributed by atoms with E-state index in [-0.39, 0.29) is 16.4 Å². The Morgan fingerprint density at radius 3 is 2.42 bits per heavy atom. The normalized spacial score (nSPS) is 11.4. The van der Waals surface area contributed by atoms with E-state index in [0.29, 0.717) is 13.0 Å². The molecule has 0 fully saturated rings. The minimum atomic E-state index is -3.97. The van der Waals surface area contributed by atoms with Crippen molar-refractivity contribution >= 4 is 21.5 Å². The number of aromatic amines is 1. The molecule has 0 saturated heterocycles. The zero-order valence-corrected chi connectivity index (χ0v) is 14.3. The minimum Gasteiger partial charge on any atom is -0.383 e. The first-order chi connectivity index (χ1) is 11.3. The van der Waals surface area contributed by atoms with Crippen molar-refractivity contribution in [2.45, 2.75) is 31.2 Å². The molecule has 0 spiro atoms. The van der Waals surface area contributed by atoms with Gasteiger partial charge in [-0.15, -0.1) is 0 Å². The molecule has 0 aliphatic carbocycles. The predicted molar refractivity (Wildman–Crippen MR) is 92.7 cm³/mol. The van der Waals surface area contributed by atoms with E-state index in [1.807, 2.05) is 6.92 Å². The number of aromatic nitrogens is 2. The second-order valence-electron chi connectivity index (χ2n) is 5.28. The summed E-state index contributed by atoms with van der Waals surface area (Å²) in [6.07, 6.45) is 1.49. The summed E-state index contributed by atoms with van der Waals surface area (Å²) in [4.78, 5) is 26.2. The summed E-state index contributed by atoms with van der Waals surface area (Å²) in [5.74, 6) is -0.167. The molecule has 0 amide bonds. The van der Waals surface area contributed by atoms with E-state index in [1.54, 1.807) is 18.2 Å². The Hall–Kier alpha value is -2.55. The van der Waals surface area contributed by atoms with Crippen LogP contribution in [0.5, 0.6) is 0 Å². The topological polar surface area (TPSA) is 118 Å². The van der Waals surface area contributed by atoms with Gasteiger partial charge >= 0.3 is 5.69 Å². The van der Waals surface area contributed by atoms with Gasteiger partial charge in [0.05, 0.1) is 4.90 Å². The Bertz CT molecular complexity index is 932. The standard InChI is InChI=1S/C15H20N4O4S/c1-3-4-10-19-13(16)12(14(20)17-15(19)21)18(2)24(22,23)11-8-6-5-7-9-11/h5-9H,3-4,10,16H2,1-2H3,(H,17,20,21). The van der Waals surface area contributed by atoms with Crippen molar-refractivity contribution in [2.24, 2.45) is 0 Å². The average Bonchev–Trinajstić information content (AvgIpc) is 2.55. The fraction of sp³-hybridized carbons (Fsp3) is 0.333. The molecule has 9 heteroatoms. The van der Waals surface area contributed by atoms with Gasteiger partial charge in [0.25, 0.3) is 15.6 Å². The number of anilines is 2. The second kappa shape index (κ2) is 6.91. The quantitative estimate of drug-likeness (QED) is 0.795. The molecule has 0 saturated carbocycles. The van der Waals surface area contributed by atoms with E-state index in [2.05, 4.69) is 4.98 Å². The van der Waals surface area contributed by atoms with Gasteiger partial charge in [0.2, 0.25) is 0 Å². The molecule has 2 aromatic rings. The number of rotatable bonds is 6. The van der Waals surface area contributed by atoms with E-state index in [1.165, 1.54) is 23.7 Å². The molecule has 8 nitrogen and oxygen atoms in total. The van der Waals surface area contributed by atoms with Crippen molar-refractivity contribution in [3.63, 3.8) is 0 Å². The first-order valence-corrected chi connectivity index (χ1v) is 8.91. The summed E-state index contributed by atoms with van der Waals surface area (Å²) in [6.45, 7) is 2.24. The SMILES string of the molecule is CCCCn1c(N)c(N(C)S(=O)(=O)c2ccccc2)c(=O)[nH]c1=O. The highest BCUT2D eigenvalue weighted by molar-refractivity contribution is 7.92. The van der Waals surface area contributed by atoms with Crippen LogP contribution in [0.4, 0.5) is 11.5 Å². The van der Waals surface area contributed by atoms with Crippen LogP contribution in [0.2, 0.25) is 0 Å². The number of hydrogen-bond acceptors (Lipinski definition) is 5. The lowest BCUT2D eigenvalue weighted by molar-refractivity contribution is 0.591. The summed E-state index contributed by atoms with van der Waals surface area (Å²) in [7, 11) is -2.74. The fourth-order valence-electron chi connectivity index (χ4n) is 2.29. The monoisotopic (exact) mass is 352 g/mol. The molecule has 3 N–H and O–H groups in total. The van der Waals surface area contributed by atoms with Gasteiger partial charge in [-0.1, -0.05) is 31.5 Å². The lowest BCUT2D eigenvalue weighted by Crippen LogP contribution is -2.39. The average molecular weight is 352 g/mol. The summed E-state index contributed by atoms with van der Waals surface area (Å²) in [5.41, 5.74) is 4.18. The molecule has 0 atom stereocenters. The molecule has 0 radical (unpaired) electrons. The van der Waals surface area contributed by atoms with Gasteiger partial charge in [0, 0.05) is 13.6 Å². The number of H-pyrrole nitrogens is 1. The Balaban J connectivity index is 2.60. The summed E-state index contributed by atoms with van der Waals surface area (Å²) in [5, 5.41) is 0. The van der Waals surface area contributed by atoms with Crippen LogP contribution >= 0.6 is 0 Å². The molecule has 1 aromatic heterocycles. The van der Waals surface area contributed by atoms with Crippen LogP contribution in [0.3, 0.4) is 0 Å². The highest BCUT2D eigenvalue weighted by Crippen LogP contribution is 2.23. The Morgan fingerprint density at radius 2 is 1.83 bits per heavy atom. The zero-order valence-electron chi connectivity index (χ0n) is 13.5. The Labute approximate surface area is 139 Å². The number of nitrogens with zero attached hydrogens (tertiary/aromatic N) is 2. The first-order valence-electron chi connectivity index (χ1n) is 7.47. The molecule has 0 aliphatic rings. The van der Waals surface area contributed by atoms with Gasteiger partial charge in [-0.3, -0.25) is 18.7 Å². The number of sulfonamides is 1. The summed E-state index contributed by atoms with van der Waals surface area (Å²) >= 11 is 0. The van der Waals surface area contributed by atoms with E-state index in [0.717, 1.165) is 10.7 Å². The third-order valence-electron chi connectivity index (χ3n) is 3.67. The highest BCUT2D eigenvalue weighted by Gasteiger charge is 2.26. The van der Waals surface area contributed by atoms with Gasteiger partial charge in [-0.2, -0.15) is 0 Å². The van der Waals surface area contributed by atoms with Gasteiger partial charge in [-0.05, 0) is 18.6 Å². The molecule has 1 aromatic carbocycles. The van der Waals surface area contributed by atoms with E-state index in [9.17, 15) is 18.0 Å². The van der Waals surface area contributed by atoms with E-state index < -0.39 is 21.3 Å². The van der Waals surface area contributed by atoms with Gasteiger partial charge in [-0.25, -0.2) is 13.2 Å². The van der Waals surface area contributed by atoms with Crippen molar-refractivity contribution in [2.75, 3.05) is 17.1 Å². The maximum atomic E-state index is 12.7. The fourth-order valence-corrected chi connectivity index (χ4v) is 3.52. The zero-order chi connectivity index (χ0) is 17.9. The van der Waals surface area contributed by atoms with Crippen molar-refractivity contribution in [3.05, 3.63) is 51.2 Å². The van der Waals surface area contributed by atoms with Gasteiger partial charge < -0.3 is 5.73 Å². The first kappa shape index (κ1) is 17.8. The van der Waals surface area contributed by atoms with E-state index >= 15 is 0 Å². The lowest BCUT2D eigenvalue weighted by Gasteiger charge is -2.21. The largest absolute Gasteiger partial charge is 0.383 e. The molecular formula is C15H20N4O4S. The third kappa shape index (κ3) is 3.21. The van der Waals surface area contributed by atoms with Crippen LogP contribution in [0.25, 0.3) is 0 Å². The van der Waals surface area contributed by atoms with Gasteiger partial charge in [0.1, 0.15) is 5.82 Å². The number of hydrogen-bond donors (Lipinski definition) is 2. The second-order valence-corrected chi connectivity index (χ2v) is 7.25. The molecule has 130 valence electrons. The van der Waals surface area contributed by atoms with E-state index in [4.69, 9.17) is 5.73 Å². The number of nitrogen functional groups attached to an aromatic ring is 1. The number of nitrogens with two attached hydrogens (primary N) is 1. The van der Waals surface area contributed by atoms with Crippen LogP contribution in [-0.4, -0.2) is 25.0 Å². The maximum Gasteiger partial charge on any atom is 0.330 e. The highest BCUT2D eigenvalue weighted by atomic mass is 32.2. The molecule has 0 bridgehead atoms. The maximum absolute atomic E-state index is 12.7. The Morgan fingerprint density at radius 1 is 1.21 bits per heavy atom. The van der Waals surface area contributed by atoms with Crippen LogP contribution < -0.4 is 21.3 Å². The van der Waals surface area contributed by atoms with Gasteiger partial charge in [0.15, 0.2) is 5.69 Å². The molecule has 24 heavy (non-hydrogen) atoms. The minimum absolute atomic E-state index is 0.0256. The smallest absolute Gasteiger partial charge is 0.330 e.